The van der Waals surface area contributed by atoms with Crippen molar-refractivity contribution in [2.24, 2.45) is 4.99 Å². The first-order chi connectivity index (χ1) is 14.2. The molecule has 2 aromatic carbocycles. The van der Waals surface area contributed by atoms with Gasteiger partial charge in [-0.2, -0.15) is 13.2 Å². The minimum absolute atomic E-state index is 0. The number of rotatable bonds is 9. The molecule has 0 saturated heterocycles. The summed E-state index contributed by atoms with van der Waals surface area (Å²) in [6.45, 7) is 1.56. The van der Waals surface area contributed by atoms with Crippen molar-refractivity contribution in [1.82, 2.24) is 10.6 Å². The Hall–Kier alpha value is -2.02. The Labute approximate surface area is 197 Å². The van der Waals surface area contributed by atoms with E-state index in [2.05, 4.69) is 20.4 Å². The minimum Gasteiger partial charge on any atom is -0.484 e. The average Bonchev–Trinajstić information content (AvgIpc) is 2.71. The molecule has 0 aromatic heterocycles. The lowest BCUT2D eigenvalue weighted by atomic mass is 10.2. The Morgan fingerprint density at radius 1 is 1.03 bits per heavy atom. The van der Waals surface area contributed by atoms with E-state index in [1.54, 1.807) is 42.5 Å². The van der Waals surface area contributed by atoms with Crippen molar-refractivity contribution < 1.29 is 26.3 Å². The van der Waals surface area contributed by atoms with E-state index >= 15 is 0 Å². The van der Waals surface area contributed by atoms with E-state index in [0.29, 0.717) is 12.5 Å². The third-order valence-corrected chi connectivity index (χ3v) is 5.59. The lowest BCUT2D eigenvalue weighted by Gasteiger charge is -2.12. The van der Waals surface area contributed by atoms with Crippen molar-refractivity contribution in [2.75, 3.05) is 25.4 Å². The second kappa shape index (κ2) is 12.7. The van der Waals surface area contributed by atoms with E-state index in [0.717, 1.165) is 5.56 Å². The monoisotopic (exact) mass is 571 g/mol. The second-order valence-electron chi connectivity index (χ2n) is 6.30. The van der Waals surface area contributed by atoms with Crippen LogP contribution in [0.1, 0.15) is 12.5 Å². The molecule has 0 atom stereocenters. The van der Waals surface area contributed by atoms with Crippen molar-refractivity contribution in [3.05, 3.63) is 60.2 Å². The maximum absolute atomic E-state index is 12.3. The zero-order valence-corrected chi connectivity index (χ0v) is 20.0. The van der Waals surface area contributed by atoms with Gasteiger partial charge in [0, 0.05) is 13.1 Å². The number of ether oxygens (including phenoxy) is 1. The molecular formula is C20H25F3IN3O3S. The second-order valence-corrected chi connectivity index (χ2v) is 8.41. The SMILES string of the molecule is CCNC(=NCc1ccc(OCC(F)(F)F)cc1)NCCS(=O)(=O)c1ccccc1.I. The molecule has 0 aliphatic heterocycles. The van der Waals surface area contributed by atoms with Crippen molar-refractivity contribution in [2.45, 2.75) is 24.5 Å². The Kier molecular flexibility index (Phi) is 11.1. The number of aliphatic imine (C=N–C) groups is 1. The van der Waals surface area contributed by atoms with Gasteiger partial charge in [-0.05, 0) is 36.8 Å². The van der Waals surface area contributed by atoms with Crippen LogP contribution in [0.5, 0.6) is 5.75 Å². The van der Waals surface area contributed by atoms with E-state index in [9.17, 15) is 21.6 Å². The van der Waals surface area contributed by atoms with Gasteiger partial charge in [-0.15, -0.1) is 24.0 Å². The number of halogens is 4. The number of benzene rings is 2. The van der Waals surface area contributed by atoms with Gasteiger partial charge in [0.05, 0.1) is 17.2 Å². The lowest BCUT2D eigenvalue weighted by molar-refractivity contribution is -0.153. The molecule has 2 aromatic rings. The predicted octanol–water partition coefficient (Wildman–Crippen LogP) is 3.77. The van der Waals surface area contributed by atoms with Crippen LogP contribution in [0.3, 0.4) is 0 Å². The van der Waals surface area contributed by atoms with Crippen molar-refractivity contribution in [3.63, 3.8) is 0 Å². The summed E-state index contributed by atoms with van der Waals surface area (Å²) in [6.07, 6.45) is -4.39. The Bertz CT molecular complexity index is 922. The topological polar surface area (TPSA) is 79.8 Å². The van der Waals surface area contributed by atoms with E-state index < -0.39 is 22.6 Å². The number of guanidine groups is 1. The summed E-state index contributed by atoms with van der Waals surface area (Å²) >= 11 is 0. The van der Waals surface area contributed by atoms with Crippen molar-refractivity contribution in [3.8, 4) is 5.75 Å². The fourth-order valence-corrected chi connectivity index (χ4v) is 3.60. The first-order valence-electron chi connectivity index (χ1n) is 9.28. The molecule has 2 rings (SSSR count). The zero-order chi connectivity index (χ0) is 22.0. The van der Waals surface area contributed by atoms with Crippen LogP contribution in [0, 0.1) is 0 Å². The minimum atomic E-state index is -4.39. The van der Waals surface area contributed by atoms with Gasteiger partial charge < -0.3 is 15.4 Å². The highest BCUT2D eigenvalue weighted by Crippen LogP contribution is 2.19. The van der Waals surface area contributed by atoms with Crippen molar-refractivity contribution >= 4 is 39.8 Å². The third-order valence-electron chi connectivity index (χ3n) is 3.86. The Morgan fingerprint density at radius 2 is 1.68 bits per heavy atom. The number of sulfone groups is 1. The number of alkyl halides is 3. The van der Waals surface area contributed by atoms with Gasteiger partial charge in [-0.3, -0.25) is 0 Å². The molecule has 0 aliphatic carbocycles. The maximum atomic E-state index is 12.3. The highest BCUT2D eigenvalue weighted by molar-refractivity contribution is 14.0. The first kappa shape index (κ1) is 27.0. The van der Waals surface area contributed by atoms with Crippen LogP contribution < -0.4 is 15.4 Å². The quantitative estimate of drug-likeness (QED) is 0.272. The number of nitrogens with zero attached hydrogens (tertiary/aromatic N) is 1. The molecule has 0 bridgehead atoms. The summed E-state index contributed by atoms with van der Waals surface area (Å²) in [5, 5.41) is 6.00. The van der Waals surface area contributed by atoms with E-state index in [1.165, 1.54) is 12.1 Å². The van der Waals surface area contributed by atoms with Crippen LogP contribution in [0.25, 0.3) is 0 Å². The van der Waals surface area contributed by atoms with Gasteiger partial charge in [-0.25, -0.2) is 13.4 Å². The summed E-state index contributed by atoms with van der Waals surface area (Å²) in [5.74, 6) is 0.474. The Morgan fingerprint density at radius 3 is 2.26 bits per heavy atom. The predicted molar refractivity (Wildman–Crippen MR) is 125 cm³/mol. The summed E-state index contributed by atoms with van der Waals surface area (Å²) in [7, 11) is -3.40. The molecule has 172 valence electrons. The van der Waals surface area contributed by atoms with Gasteiger partial charge in [0.15, 0.2) is 22.4 Å². The molecule has 31 heavy (non-hydrogen) atoms. The third kappa shape index (κ3) is 10.2. The molecule has 0 spiro atoms. The van der Waals surface area contributed by atoms with Crippen LogP contribution in [0.15, 0.2) is 64.5 Å². The standard InChI is InChI=1S/C20H24F3N3O3S.HI/c1-2-24-19(25-12-13-30(27,28)18-6-4-3-5-7-18)26-14-16-8-10-17(11-9-16)29-15-20(21,22)23;/h3-11H,2,12-15H2,1H3,(H2,24,25,26);1H. The molecule has 0 heterocycles. The van der Waals surface area contributed by atoms with Crippen LogP contribution >= 0.6 is 24.0 Å². The molecule has 0 saturated carbocycles. The average molecular weight is 571 g/mol. The van der Waals surface area contributed by atoms with Gasteiger partial charge in [0.1, 0.15) is 5.75 Å². The maximum Gasteiger partial charge on any atom is 0.422 e. The zero-order valence-electron chi connectivity index (χ0n) is 16.9. The lowest BCUT2D eigenvalue weighted by Crippen LogP contribution is -2.39. The normalized spacial score (nSPS) is 12.1. The van der Waals surface area contributed by atoms with Gasteiger partial charge in [0.25, 0.3) is 0 Å². The van der Waals surface area contributed by atoms with E-state index in [-0.39, 0.29) is 53.5 Å². The number of hydrogen-bond donors (Lipinski definition) is 2. The van der Waals surface area contributed by atoms with E-state index in [1.807, 2.05) is 6.92 Å². The first-order valence-corrected chi connectivity index (χ1v) is 10.9. The summed E-state index contributed by atoms with van der Waals surface area (Å²) in [5.41, 5.74) is 0.767. The summed E-state index contributed by atoms with van der Waals surface area (Å²) in [6, 6.07) is 14.3. The fraction of sp³-hybridized carbons (Fsp3) is 0.350. The molecule has 2 N–H and O–H groups in total. The number of hydrogen-bond acceptors (Lipinski definition) is 4. The molecule has 0 aliphatic rings. The molecule has 11 heteroatoms. The fourth-order valence-electron chi connectivity index (χ4n) is 2.42. The molecule has 0 unspecified atom stereocenters. The molecule has 0 fully saturated rings. The molecule has 0 radical (unpaired) electrons. The van der Waals surface area contributed by atoms with Crippen LogP contribution in [-0.4, -0.2) is 46.0 Å². The van der Waals surface area contributed by atoms with Crippen LogP contribution in [0.2, 0.25) is 0 Å². The van der Waals surface area contributed by atoms with E-state index in [4.69, 9.17) is 0 Å². The number of nitrogens with one attached hydrogen (secondary N) is 2. The highest BCUT2D eigenvalue weighted by Gasteiger charge is 2.28. The molecule has 6 nitrogen and oxygen atoms in total. The largest absolute Gasteiger partial charge is 0.484 e. The van der Waals surface area contributed by atoms with Gasteiger partial charge >= 0.3 is 6.18 Å². The van der Waals surface area contributed by atoms with Crippen LogP contribution in [0.4, 0.5) is 13.2 Å². The Balaban J connectivity index is 0.00000480. The summed E-state index contributed by atoms with van der Waals surface area (Å²) in [4.78, 5) is 4.64. The van der Waals surface area contributed by atoms with Crippen LogP contribution in [-0.2, 0) is 16.4 Å². The molecule has 0 amide bonds. The summed E-state index contributed by atoms with van der Waals surface area (Å²) < 4.78 is 65.8. The van der Waals surface area contributed by atoms with Crippen molar-refractivity contribution in [1.29, 1.82) is 0 Å². The smallest absolute Gasteiger partial charge is 0.422 e. The molecular weight excluding hydrogens is 546 g/mol. The van der Waals surface area contributed by atoms with Gasteiger partial charge in [-0.1, -0.05) is 30.3 Å². The van der Waals surface area contributed by atoms with Gasteiger partial charge in [0.2, 0.25) is 0 Å². The highest BCUT2D eigenvalue weighted by atomic mass is 127.